The van der Waals surface area contributed by atoms with Crippen LogP contribution in [0.3, 0.4) is 0 Å². The summed E-state index contributed by atoms with van der Waals surface area (Å²) in [5, 5.41) is 8.11. The van der Waals surface area contributed by atoms with Crippen molar-refractivity contribution in [2.24, 2.45) is 0 Å². The standard InChI is InChI=1S/C17H17NO8S/c1-3-25-15(21)8-18-16(22)13(27-17(18)23)7-10-4-5-11(12(6-10)24-2)26-9-14(19)20/h4-7H,3,8-9H2,1-2H3,(H,19,20). The summed E-state index contributed by atoms with van der Waals surface area (Å²) in [5.74, 6) is -1.88. The van der Waals surface area contributed by atoms with Crippen LogP contribution in [0.2, 0.25) is 0 Å². The summed E-state index contributed by atoms with van der Waals surface area (Å²) in [6, 6.07) is 4.62. The molecular formula is C17H17NO8S. The zero-order valence-electron chi connectivity index (χ0n) is 14.6. The van der Waals surface area contributed by atoms with Gasteiger partial charge in [-0.3, -0.25) is 19.3 Å². The second-order valence-electron chi connectivity index (χ2n) is 5.17. The van der Waals surface area contributed by atoms with Crippen molar-refractivity contribution in [1.29, 1.82) is 0 Å². The molecule has 0 atom stereocenters. The monoisotopic (exact) mass is 395 g/mol. The molecule has 0 saturated carbocycles. The largest absolute Gasteiger partial charge is 0.493 e. The molecule has 0 radical (unpaired) electrons. The quantitative estimate of drug-likeness (QED) is 0.518. The van der Waals surface area contributed by atoms with E-state index < -0.39 is 36.2 Å². The number of hydrogen-bond donors (Lipinski definition) is 1. The van der Waals surface area contributed by atoms with E-state index in [-0.39, 0.29) is 23.0 Å². The number of hydrogen-bond acceptors (Lipinski definition) is 8. The summed E-state index contributed by atoms with van der Waals surface area (Å²) in [5.41, 5.74) is 0.538. The van der Waals surface area contributed by atoms with E-state index in [1.54, 1.807) is 13.0 Å². The number of esters is 1. The molecule has 1 saturated heterocycles. The fourth-order valence-electron chi connectivity index (χ4n) is 2.16. The molecule has 1 aliphatic rings. The number of carbonyl (C=O) groups is 4. The zero-order chi connectivity index (χ0) is 20.0. The highest BCUT2D eigenvalue weighted by molar-refractivity contribution is 8.18. The van der Waals surface area contributed by atoms with Gasteiger partial charge in [-0.2, -0.15) is 0 Å². The molecule has 0 aliphatic carbocycles. The first-order valence-corrected chi connectivity index (χ1v) is 8.61. The Balaban J connectivity index is 2.18. The van der Waals surface area contributed by atoms with Gasteiger partial charge in [0.05, 0.1) is 18.6 Å². The van der Waals surface area contributed by atoms with Crippen LogP contribution in [0.25, 0.3) is 6.08 Å². The first-order valence-electron chi connectivity index (χ1n) is 7.79. The van der Waals surface area contributed by atoms with Crippen molar-refractivity contribution in [3.05, 3.63) is 28.7 Å². The summed E-state index contributed by atoms with van der Waals surface area (Å²) in [4.78, 5) is 47.4. The van der Waals surface area contributed by atoms with Crippen LogP contribution in [0, 0.1) is 0 Å². The minimum atomic E-state index is -1.13. The number of aliphatic carboxylic acids is 1. The Labute approximate surface area is 158 Å². The third-order valence-electron chi connectivity index (χ3n) is 3.30. The maximum atomic E-state index is 12.3. The molecule has 2 rings (SSSR count). The number of methoxy groups -OCH3 is 1. The highest BCUT2D eigenvalue weighted by Gasteiger charge is 2.36. The molecule has 1 heterocycles. The summed E-state index contributed by atoms with van der Waals surface area (Å²) < 4.78 is 15.0. The minimum Gasteiger partial charge on any atom is -0.493 e. The lowest BCUT2D eigenvalue weighted by molar-refractivity contribution is -0.146. The van der Waals surface area contributed by atoms with Gasteiger partial charge in [-0.25, -0.2) is 4.79 Å². The number of rotatable bonds is 8. The Morgan fingerprint density at radius 2 is 2.00 bits per heavy atom. The lowest BCUT2D eigenvalue weighted by Gasteiger charge is -2.11. The molecule has 9 nitrogen and oxygen atoms in total. The van der Waals surface area contributed by atoms with E-state index in [0.717, 1.165) is 4.90 Å². The van der Waals surface area contributed by atoms with Crippen molar-refractivity contribution in [1.82, 2.24) is 4.90 Å². The van der Waals surface area contributed by atoms with E-state index in [4.69, 9.17) is 19.3 Å². The molecule has 1 aromatic carbocycles. The van der Waals surface area contributed by atoms with Gasteiger partial charge in [0.1, 0.15) is 6.54 Å². The van der Waals surface area contributed by atoms with Gasteiger partial charge in [0.15, 0.2) is 18.1 Å². The zero-order valence-corrected chi connectivity index (χ0v) is 15.4. The van der Waals surface area contributed by atoms with Gasteiger partial charge in [0.2, 0.25) is 0 Å². The molecule has 0 unspecified atom stereocenters. The fourth-order valence-corrected chi connectivity index (χ4v) is 2.99. The second kappa shape index (κ2) is 9.08. The molecule has 1 aromatic rings. The maximum Gasteiger partial charge on any atom is 0.341 e. The number of amides is 2. The molecule has 2 amide bonds. The average molecular weight is 395 g/mol. The van der Waals surface area contributed by atoms with E-state index in [1.165, 1.54) is 25.3 Å². The minimum absolute atomic E-state index is 0.144. The molecule has 27 heavy (non-hydrogen) atoms. The lowest BCUT2D eigenvalue weighted by Crippen LogP contribution is -2.34. The molecular weight excluding hydrogens is 378 g/mol. The van der Waals surface area contributed by atoms with Gasteiger partial charge in [-0.15, -0.1) is 0 Å². The molecule has 1 N–H and O–H groups in total. The van der Waals surface area contributed by atoms with Crippen LogP contribution in [-0.4, -0.2) is 60.0 Å². The summed E-state index contributed by atoms with van der Waals surface area (Å²) in [6.07, 6.45) is 1.47. The number of carboxylic acid groups (broad SMARTS) is 1. The summed E-state index contributed by atoms with van der Waals surface area (Å²) in [6.45, 7) is 0.813. The Morgan fingerprint density at radius 3 is 2.63 bits per heavy atom. The van der Waals surface area contributed by atoms with Gasteiger partial charge in [-0.1, -0.05) is 6.07 Å². The topological polar surface area (TPSA) is 119 Å². The number of imide groups is 1. The number of carboxylic acids is 1. The van der Waals surface area contributed by atoms with Crippen molar-refractivity contribution in [3.63, 3.8) is 0 Å². The van der Waals surface area contributed by atoms with Crippen LogP contribution >= 0.6 is 11.8 Å². The third-order valence-corrected chi connectivity index (χ3v) is 4.21. The number of ether oxygens (including phenoxy) is 3. The first kappa shape index (κ1) is 20.3. The predicted octanol–water partition coefficient (Wildman–Crippen LogP) is 1.76. The van der Waals surface area contributed by atoms with E-state index >= 15 is 0 Å². The Bertz CT molecular complexity index is 804. The van der Waals surface area contributed by atoms with Gasteiger partial charge < -0.3 is 19.3 Å². The lowest BCUT2D eigenvalue weighted by atomic mass is 10.2. The highest BCUT2D eigenvalue weighted by Crippen LogP contribution is 2.34. The van der Waals surface area contributed by atoms with Crippen molar-refractivity contribution in [3.8, 4) is 11.5 Å². The molecule has 1 aliphatic heterocycles. The fraction of sp³-hybridized carbons (Fsp3) is 0.294. The molecule has 0 spiro atoms. The van der Waals surface area contributed by atoms with Gasteiger partial charge >= 0.3 is 11.9 Å². The van der Waals surface area contributed by atoms with E-state index in [0.29, 0.717) is 17.3 Å². The Morgan fingerprint density at radius 1 is 1.26 bits per heavy atom. The van der Waals surface area contributed by atoms with E-state index in [9.17, 15) is 19.2 Å². The summed E-state index contributed by atoms with van der Waals surface area (Å²) in [7, 11) is 1.39. The van der Waals surface area contributed by atoms with E-state index in [2.05, 4.69) is 0 Å². The van der Waals surface area contributed by atoms with Crippen LogP contribution in [0.15, 0.2) is 23.1 Å². The van der Waals surface area contributed by atoms with Crippen molar-refractivity contribution in [2.75, 3.05) is 26.9 Å². The summed E-state index contributed by atoms with van der Waals surface area (Å²) >= 11 is 0.710. The number of benzene rings is 1. The predicted molar refractivity (Wildman–Crippen MR) is 95.4 cm³/mol. The van der Waals surface area contributed by atoms with Gasteiger partial charge in [-0.05, 0) is 42.5 Å². The van der Waals surface area contributed by atoms with Gasteiger partial charge in [0.25, 0.3) is 11.1 Å². The van der Waals surface area contributed by atoms with Gasteiger partial charge in [0, 0.05) is 0 Å². The Kier molecular flexibility index (Phi) is 6.83. The number of thioether (sulfide) groups is 1. The van der Waals surface area contributed by atoms with Crippen LogP contribution in [-0.2, 0) is 19.1 Å². The smallest absolute Gasteiger partial charge is 0.341 e. The molecule has 10 heteroatoms. The third kappa shape index (κ3) is 5.23. The van der Waals surface area contributed by atoms with Crippen molar-refractivity contribution in [2.45, 2.75) is 6.92 Å². The van der Waals surface area contributed by atoms with Crippen molar-refractivity contribution < 1.29 is 38.5 Å². The SMILES string of the molecule is CCOC(=O)CN1C(=O)SC(=Cc2ccc(OCC(=O)O)c(OC)c2)C1=O. The van der Waals surface area contributed by atoms with E-state index in [1.807, 2.05) is 0 Å². The average Bonchev–Trinajstić information content (AvgIpc) is 2.88. The molecule has 144 valence electrons. The first-order chi connectivity index (χ1) is 12.8. The highest BCUT2D eigenvalue weighted by atomic mass is 32.2. The second-order valence-corrected chi connectivity index (χ2v) is 6.16. The van der Waals surface area contributed by atoms with Crippen molar-refractivity contribution >= 4 is 40.9 Å². The Hall–Kier alpha value is -3.01. The normalized spacial score (nSPS) is 15.2. The molecule has 0 bridgehead atoms. The number of nitrogens with zero attached hydrogens (tertiary/aromatic N) is 1. The maximum absolute atomic E-state index is 12.3. The van der Waals surface area contributed by atoms with Crippen LogP contribution in [0.4, 0.5) is 4.79 Å². The van der Waals surface area contributed by atoms with Crippen LogP contribution in [0.5, 0.6) is 11.5 Å². The van der Waals surface area contributed by atoms with Crippen LogP contribution in [0.1, 0.15) is 12.5 Å². The molecule has 1 fully saturated rings. The number of carbonyl (C=O) groups excluding carboxylic acids is 3. The van der Waals surface area contributed by atoms with Crippen LogP contribution < -0.4 is 9.47 Å². The molecule has 0 aromatic heterocycles.